The van der Waals surface area contributed by atoms with Crippen molar-refractivity contribution in [3.05, 3.63) is 11.6 Å². The van der Waals surface area contributed by atoms with Crippen LogP contribution in [0.2, 0.25) is 0 Å². The summed E-state index contributed by atoms with van der Waals surface area (Å²) in [6, 6.07) is 0. The smallest absolute Gasteiger partial charge is 0.0695 e. The van der Waals surface area contributed by atoms with Gasteiger partial charge < -0.3 is 15.3 Å². The van der Waals surface area contributed by atoms with E-state index in [1.807, 2.05) is 6.08 Å². The van der Waals surface area contributed by atoms with E-state index in [1.165, 1.54) is 12.0 Å². The van der Waals surface area contributed by atoms with E-state index in [2.05, 4.69) is 26.7 Å². The lowest BCUT2D eigenvalue weighted by Gasteiger charge is -2.52. The highest BCUT2D eigenvalue weighted by Gasteiger charge is 2.47. The molecule has 0 heterocycles. The Hall–Kier alpha value is -0.820. The maximum absolute atomic E-state index is 10.3. The molecule has 2 saturated carbocycles. The van der Waals surface area contributed by atoms with Crippen LogP contribution in [0.5, 0.6) is 0 Å². The maximum atomic E-state index is 10.3. The minimum Gasteiger partial charge on any atom is -0.393 e. The monoisotopic (exact) mass is 362 g/mol. The summed E-state index contributed by atoms with van der Waals surface area (Å²) in [5.74, 6) is 3.55. The summed E-state index contributed by atoms with van der Waals surface area (Å²) in [6.45, 7) is 8.74. The number of aliphatic hydroxyl groups is 3. The first-order valence-electron chi connectivity index (χ1n) is 10.3. The molecule has 2 aliphatic carbocycles. The predicted molar refractivity (Wildman–Crippen MR) is 106 cm³/mol. The fraction of sp³-hybridized carbons (Fsp3) is 0.826. The molecule has 0 aliphatic heterocycles. The average molecular weight is 363 g/mol. The van der Waals surface area contributed by atoms with Crippen LogP contribution in [0, 0.1) is 35.0 Å². The lowest BCUT2D eigenvalue weighted by molar-refractivity contribution is -0.00247. The first-order chi connectivity index (χ1) is 12.1. The zero-order valence-corrected chi connectivity index (χ0v) is 17.0. The molecule has 0 saturated heterocycles. The van der Waals surface area contributed by atoms with E-state index in [9.17, 15) is 15.3 Å². The van der Waals surface area contributed by atoms with Gasteiger partial charge in [0.25, 0.3) is 0 Å². The normalized spacial score (nSPS) is 38.5. The molecule has 148 valence electrons. The van der Waals surface area contributed by atoms with E-state index in [0.717, 1.165) is 32.1 Å². The Bertz CT molecular complexity index is 542. The Labute approximate surface area is 159 Å². The highest BCUT2D eigenvalue weighted by Crippen LogP contribution is 2.56. The van der Waals surface area contributed by atoms with Gasteiger partial charge in [0.05, 0.1) is 18.3 Å². The van der Waals surface area contributed by atoms with Gasteiger partial charge in [-0.3, -0.25) is 0 Å². The Kier molecular flexibility index (Phi) is 6.99. The molecule has 0 radical (unpaired) electrons. The first kappa shape index (κ1) is 21.5. The van der Waals surface area contributed by atoms with E-state index in [4.69, 9.17) is 6.42 Å². The Morgan fingerprint density at radius 1 is 1.23 bits per heavy atom. The van der Waals surface area contributed by atoms with Gasteiger partial charge in [-0.2, -0.15) is 0 Å². The number of aliphatic hydroxyl groups excluding tert-OH is 3. The first-order valence-corrected chi connectivity index (χ1v) is 10.3. The standard InChI is InChI=1S/C23H38O3/c1-6-7-20(25)14-18-13-17(8-10-22(18,3)4)23(5)11-9-21(26)15-19(23)12-16(2)24/h1,12,16-18,20-21,24-26H,7-11,13-15H2,2-5H3/b19-12-/t16-,17?,18?,20+,21-,23-/m1/s1. The summed E-state index contributed by atoms with van der Waals surface area (Å²) >= 11 is 0. The van der Waals surface area contributed by atoms with Crippen molar-refractivity contribution in [2.45, 2.75) is 97.4 Å². The molecule has 0 bridgehead atoms. The van der Waals surface area contributed by atoms with Crippen LogP contribution in [-0.2, 0) is 0 Å². The van der Waals surface area contributed by atoms with Gasteiger partial charge in [-0.1, -0.05) is 32.4 Å². The number of rotatable bonds is 5. The number of terminal acetylenes is 1. The second-order valence-electron chi connectivity index (χ2n) is 9.70. The van der Waals surface area contributed by atoms with Gasteiger partial charge in [0, 0.05) is 6.42 Å². The third-order valence-corrected chi connectivity index (χ3v) is 7.25. The van der Waals surface area contributed by atoms with Crippen LogP contribution in [0.3, 0.4) is 0 Å². The van der Waals surface area contributed by atoms with Crippen LogP contribution in [-0.4, -0.2) is 33.6 Å². The van der Waals surface area contributed by atoms with Gasteiger partial charge in [-0.25, -0.2) is 0 Å². The average Bonchev–Trinajstić information content (AvgIpc) is 2.53. The van der Waals surface area contributed by atoms with Crippen molar-refractivity contribution in [1.29, 1.82) is 0 Å². The zero-order valence-electron chi connectivity index (χ0n) is 17.0. The molecule has 0 aromatic carbocycles. The second kappa shape index (κ2) is 8.46. The van der Waals surface area contributed by atoms with Crippen molar-refractivity contribution in [3.63, 3.8) is 0 Å². The van der Waals surface area contributed by atoms with Gasteiger partial charge in [-0.15, -0.1) is 12.3 Å². The molecule has 0 amide bonds. The summed E-state index contributed by atoms with van der Waals surface area (Å²) in [7, 11) is 0. The predicted octanol–water partition coefficient (Wildman–Crippen LogP) is 4.06. The SMILES string of the molecule is C#CC[C@H](O)CC1CC([C@@]2(C)CC[C@@H](O)C/C2=C/[C@@H](C)O)CCC1(C)C. The molecular formula is C23H38O3. The van der Waals surface area contributed by atoms with E-state index in [0.29, 0.717) is 24.7 Å². The fourth-order valence-corrected chi connectivity index (χ4v) is 5.30. The summed E-state index contributed by atoms with van der Waals surface area (Å²) in [4.78, 5) is 0. The number of hydrogen-bond donors (Lipinski definition) is 3. The van der Waals surface area contributed by atoms with E-state index >= 15 is 0 Å². The van der Waals surface area contributed by atoms with Crippen LogP contribution in [0.15, 0.2) is 11.6 Å². The van der Waals surface area contributed by atoms with Crippen molar-refractivity contribution in [2.75, 3.05) is 0 Å². The summed E-state index contributed by atoms with van der Waals surface area (Å²) in [5.41, 5.74) is 1.46. The molecule has 26 heavy (non-hydrogen) atoms. The Balaban J connectivity index is 2.22. The van der Waals surface area contributed by atoms with Gasteiger partial charge in [0.15, 0.2) is 0 Å². The van der Waals surface area contributed by atoms with E-state index in [1.54, 1.807) is 6.92 Å². The largest absolute Gasteiger partial charge is 0.393 e. The van der Waals surface area contributed by atoms with E-state index in [-0.39, 0.29) is 16.9 Å². The van der Waals surface area contributed by atoms with Gasteiger partial charge in [-0.05, 0) is 74.5 Å². The third-order valence-electron chi connectivity index (χ3n) is 7.25. The van der Waals surface area contributed by atoms with Crippen molar-refractivity contribution < 1.29 is 15.3 Å². The summed E-state index contributed by atoms with van der Waals surface area (Å²) in [5, 5.41) is 30.4. The molecule has 6 atom stereocenters. The molecule has 2 rings (SSSR count). The third kappa shape index (κ3) is 4.91. The van der Waals surface area contributed by atoms with Crippen LogP contribution in [0.25, 0.3) is 0 Å². The highest BCUT2D eigenvalue weighted by molar-refractivity contribution is 5.21. The molecule has 2 fully saturated rings. The van der Waals surface area contributed by atoms with Crippen LogP contribution in [0.4, 0.5) is 0 Å². The minimum atomic E-state index is -0.483. The van der Waals surface area contributed by atoms with Crippen molar-refractivity contribution in [3.8, 4) is 12.3 Å². The second-order valence-corrected chi connectivity index (χ2v) is 9.70. The van der Waals surface area contributed by atoms with Crippen LogP contribution < -0.4 is 0 Å². The van der Waals surface area contributed by atoms with Crippen molar-refractivity contribution >= 4 is 0 Å². The quantitative estimate of drug-likeness (QED) is 0.510. The maximum Gasteiger partial charge on any atom is 0.0695 e. The highest BCUT2D eigenvalue weighted by atomic mass is 16.3. The molecule has 3 nitrogen and oxygen atoms in total. The Morgan fingerprint density at radius 2 is 1.92 bits per heavy atom. The molecule has 3 heteroatoms. The van der Waals surface area contributed by atoms with Crippen LogP contribution >= 0.6 is 0 Å². The number of hydrogen-bond acceptors (Lipinski definition) is 3. The zero-order chi connectivity index (χ0) is 19.5. The lowest BCUT2D eigenvalue weighted by Crippen LogP contribution is -2.43. The van der Waals surface area contributed by atoms with E-state index < -0.39 is 12.2 Å². The molecule has 2 aliphatic rings. The Morgan fingerprint density at radius 3 is 2.54 bits per heavy atom. The lowest BCUT2D eigenvalue weighted by atomic mass is 9.54. The van der Waals surface area contributed by atoms with Crippen LogP contribution in [0.1, 0.15) is 79.1 Å². The minimum absolute atomic E-state index is 0.0298. The molecule has 0 aromatic rings. The summed E-state index contributed by atoms with van der Waals surface area (Å²) < 4.78 is 0. The fourth-order valence-electron chi connectivity index (χ4n) is 5.30. The summed E-state index contributed by atoms with van der Waals surface area (Å²) in [6.07, 6.45) is 13.2. The molecular weight excluding hydrogens is 324 g/mol. The van der Waals surface area contributed by atoms with Crippen molar-refractivity contribution in [1.82, 2.24) is 0 Å². The molecule has 3 N–H and O–H groups in total. The van der Waals surface area contributed by atoms with Crippen molar-refractivity contribution in [2.24, 2.45) is 22.7 Å². The topological polar surface area (TPSA) is 60.7 Å². The molecule has 0 aromatic heterocycles. The van der Waals surface area contributed by atoms with Gasteiger partial charge >= 0.3 is 0 Å². The molecule has 0 spiro atoms. The van der Waals surface area contributed by atoms with Gasteiger partial charge in [0.1, 0.15) is 0 Å². The van der Waals surface area contributed by atoms with Gasteiger partial charge in [0.2, 0.25) is 0 Å². The molecule has 2 unspecified atom stereocenters.